The zero-order valence-electron chi connectivity index (χ0n) is 13.3. The van der Waals surface area contributed by atoms with E-state index in [1.165, 1.54) is 11.3 Å². The molecule has 1 aliphatic rings. The van der Waals surface area contributed by atoms with Gasteiger partial charge in [0.05, 0.1) is 24.0 Å². The van der Waals surface area contributed by atoms with Crippen LogP contribution in [0.25, 0.3) is 0 Å². The van der Waals surface area contributed by atoms with Crippen molar-refractivity contribution in [1.29, 1.82) is 0 Å². The minimum Gasteiger partial charge on any atom is -0.382 e. The fourth-order valence-corrected chi connectivity index (χ4v) is 5.76. The van der Waals surface area contributed by atoms with Crippen LogP contribution < -0.4 is 10.5 Å². The van der Waals surface area contributed by atoms with E-state index >= 15 is 0 Å². The molecule has 1 atom stereocenters. The fourth-order valence-electron chi connectivity index (χ4n) is 2.25. The molecular weight excluding hydrogens is 358 g/mol. The highest BCUT2D eigenvalue weighted by Crippen LogP contribution is 2.43. The predicted octanol–water partition coefficient (Wildman–Crippen LogP) is 1.03. The Bertz CT molecular complexity index is 606. The summed E-state index contributed by atoms with van der Waals surface area (Å²) in [6, 6.07) is 1.80. The van der Waals surface area contributed by atoms with E-state index in [0.29, 0.717) is 19.8 Å². The van der Waals surface area contributed by atoms with E-state index in [9.17, 15) is 8.42 Å². The number of rotatable bonds is 9. The van der Waals surface area contributed by atoms with Crippen LogP contribution in [0.5, 0.6) is 0 Å². The summed E-state index contributed by atoms with van der Waals surface area (Å²) < 4.78 is 37.0. The molecule has 0 fully saturated rings. The van der Waals surface area contributed by atoms with E-state index in [1.807, 2.05) is 6.92 Å². The molecule has 10 heteroatoms. The number of nitrogens with zero attached hydrogens (tertiary/aromatic N) is 1. The summed E-state index contributed by atoms with van der Waals surface area (Å²) >= 11 is 2.80. The van der Waals surface area contributed by atoms with Gasteiger partial charge in [0.25, 0.3) is 0 Å². The number of nitrogens with two attached hydrogens (primary N) is 1. The monoisotopic (exact) mass is 381 g/mol. The van der Waals surface area contributed by atoms with Gasteiger partial charge in [-0.15, -0.1) is 11.3 Å². The van der Waals surface area contributed by atoms with Gasteiger partial charge in [-0.3, -0.25) is 0 Å². The standard InChI is InChI=1S/C13H23N3O4S3/c1-3-15-11-9-16(4-5-20-7-6-19-2)22-13-10(11)8-12(21-13)23(14,17)18/h8,11,15H,3-7,9H2,1-2H3,(H2,14,17,18)/t11-/m0/s1. The lowest BCUT2D eigenvalue weighted by molar-refractivity contribution is 0.0658. The lowest BCUT2D eigenvalue weighted by atomic mass is 10.1. The van der Waals surface area contributed by atoms with Gasteiger partial charge < -0.3 is 14.8 Å². The average molecular weight is 382 g/mol. The zero-order valence-corrected chi connectivity index (χ0v) is 15.7. The minimum atomic E-state index is -3.66. The average Bonchev–Trinajstić information content (AvgIpc) is 2.92. The van der Waals surface area contributed by atoms with Gasteiger partial charge in [-0.2, -0.15) is 0 Å². The summed E-state index contributed by atoms with van der Waals surface area (Å²) in [5.74, 6) is 0. The third kappa shape index (κ3) is 5.40. The van der Waals surface area contributed by atoms with Gasteiger partial charge in [-0.1, -0.05) is 6.92 Å². The van der Waals surface area contributed by atoms with E-state index < -0.39 is 10.0 Å². The smallest absolute Gasteiger partial charge is 0.247 e. The van der Waals surface area contributed by atoms with Crippen molar-refractivity contribution in [2.45, 2.75) is 21.4 Å². The number of likely N-dealkylation sites (N-methyl/N-ethyl adjacent to an activating group) is 1. The molecule has 0 saturated heterocycles. The van der Waals surface area contributed by atoms with Crippen LogP contribution in [0.3, 0.4) is 0 Å². The molecule has 1 aliphatic heterocycles. The van der Waals surface area contributed by atoms with E-state index in [4.69, 9.17) is 14.6 Å². The van der Waals surface area contributed by atoms with Crippen LogP contribution in [0.2, 0.25) is 0 Å². The molecule has 1 aromatic heterocycles. The number of methoxy groups -OCH3 is 1. The van der Waals surface area contributed by atoms with Gasteiger partial charge in [0.15, 0.2) is 0 Å². The number of sulfonamides is 1. The van der Waals surface area contributed by atoms with Crippen molar-refractivity contribution in [3.05, 3.63) is 11.6 Å². The summed E-state index contributed by atoms with van der Waals surface area (Å²) in [4.78, 5) is 0. The lowest BCUT2D eigenvalue weighted by Gasteiger charge is -2.31. The molecule has 0 radical (unpaired) electrons. The van der Waals surface area contributed by atoms with Gasteiger partial charge in [-0.25, -0.2) is 17.9 Å². The van der Waals surface area contributed by atoms with Gasteiger partial charge in [0, 0.05) is 26.2 Å². The third-order valence-corrected chi connectivity index (χ3v) is 7.15. The second kappa shape index (κ2) is 8.77. The molecule has 3 N–H and O–H groups in total. The number of fused-ring (bicyclic) bond motifs is 1. The normalized spacial score (nSPS) is 19.0. The molecule has 0 spiro atoms. The van der Waals surface area contributed by atoms with Crippen LogP contribution in [0.15, 0.2) is 14.5 Å². The Labute approximate surface area is 145 Å². The van der Waals surface area contributed by atoms with Gasteiger partial charge >= 0.3 is 0 Å². The molecule has 0 amide bonds. The highest BCUT2D eigenvalue weighted by molar-refractivity contribution is 7.99. The van der Waals surface area contributed by atoms with Crippen molar-refractivity contribution in [2.75, 3.05) is 46.6 Å². The van der Waals surface area contributed by atoms with Crippen LogP contribution in [-0.4, -0.2) is 59.3 Å². The predicted molar refractivity (Wildman–Crippen MR) is 92.2 cm³/mol. The van der Waals surface area contributed by atoms with Gasteiger partial charge in [0.2, 0.25) is 10.0 Å². The second-order valence-corrected chi connectivity index (χ2v) is 9.25. The van der Waals surface area contributed by atoms with Crippen molar-refractivity contribution in [2.24, 2.45) is 5.14 Å². The Hall–Kier alpha value is -0.200. The highest BCUT2D eigenvalue weighted by Gasteiger charge is 2.29. The molecule has 0 saturated carbocycles. The topological polar surface area (TPSA) is 93.9 Å². The molecule has 1 aromatic rings. The Morgan fingerprint density at radius 3 is 2.87 bits per heavy atom. The Balaban J connectivity index is 2.04. The van der Waals surface area contributed by atoms with Crippen molar-refractivity contribution in [3.63, 3.8) is 0 Å². The van der Waals surface area contributed by atoms with E-state index in [-0.39, 0.29) is 10.3 Å². The first-order chi connectivity index (χ1) is 11.0. The number of hydrogen-bond acceptors (Lipinski definition) is 8. The fraction of sp³-hybridized carbons (Fsp3) is 0.692. The molecule has 2 heterocycles. The molecule has 7 nitrogen and oxygen atoms in total. The van der Waals surface area contributed by atoms with E-state index in [0.717, 1.165) is 29.4 Å². The maximum Gasteiger partial charge on any atom is 0.247 e. The molecule has 0 aromatic carbocycles. The van der Waals surface area contributed by atoms with Gasteiger partial charge in [0.1, 0.15) is 4.21 Å². The van der Waals surface area contributed by atoms with Crippen LogP contribution >= 0.6 is 23.3 Å². The first-order valence-electron chi connectivity index (χ1n) is 7.35. The van der Waals surface area contributed by atoms with Crippen LogP contribution in [0.1, 0.15) is 18.5 Å². The van der Waals surface area contributed by atoms with Crippen LogP contribution in [-0.2, 0) is 19.5 Å². The third-order valence-electron chi connectivity index (χ3n) is 3.32. The number of hydrogen-bond donors (Lipinski definition) is 2. The number of nitrogens with one attached hydrogen (secondary N) is 1. The maximum atomic E-state index is 11.6. The first-order valence-corrected chi connectivity index (χ1v) is 10.5. The quantitative estimate of drug-likeness (QED) is 0.487. The van der Waals surface area contributed by atoms with Crippen LogP contribution in [0, 0.1) is 0 Å². The maximum absolute atomic E-state index is 11.6. The Kier molecular flexibility index (Phi) is 7.29. The van der Waals surface area contributed by atoms with E-state index in [1.54, 1.807) is 25.1 Å². The van der Waals surface area contributed by atoms with Crippen molar-refractivity contribution in [1.82, 2.24) is 9.62 Å². The summed E-state index contributed by atoms with van der Waals surface area (Å²) in [6.45, 7) is 6.17. The van der Waals surface area contributed by atoms with Crippen LogP contribution in [0.4, 0.5) is 0 Å². The highest BCUT2D eigenvalue weighted by atomic mass is 32.3. The number of ether oxygens (including phenoxy) is 2. The van der Waals surface area contributed by atoms with E-state index in [2.05, 4.69) is 9.62 Å². The van der Waals surface area contributed by atoms with Crippen molar-refractivity contribution < 1.29 is 17.9 Å². The lowest BCUT2D eigenvalue weighted by Crippen LogP contribution is -2.36. The molecular formula is C13H23N3O4S3. The van der Waals surface area contributed by atoms with Crippen molar-refractivity contribution in [3.8, 4) is 0 Å². The minimum absolute atomic E-state index is 0.0991. The number of primary sulfonamides is 1. The zero-order chi connectivity index (χ0) is 16.9. The summed E-state index contributed by atoms with van der Waals surface area (Å²) in [6.07, 6.45) is 0. The SMILES string of the molecule is CCN[C@H]1CN(CCOCCOC)Sc2sc(S(N)(=O)=O)cc21. The van der Waals surface area contributed by atoms with Gasteiger partial charge in [-0.05, 0) is 30.1 Å². The molecule has 23 heavy (non-hydrogen) atoms. The molecule has 2 rings (SSSR count). The Morgan fingerprint density at radius 2 is 2.22 bits per heavy atom. The first kappa shape index (κ1) is 19.1. The second-order valence-electron chi connectivity index (χ2n) is 5.05. The molecule has 0 aliphatic carbocycles. The Morgan fingerprint density at radius 1 is 1.43 bits per heavy atom. The largest absolute Gasteiger partial charge is 0.382 e. The molecule has 0 bridgehead atoms. The summed E-state index contributed by atoms with van der Waals surface area (Å²) in [7, 11) is -2.01. The molecule has 0 unspecified atom stereocenters. The molecule has 132 valence electrons. The summed E-state index contributed by atoms with van der Waals surface area (Å²) in [5, 5.41) is 8.66. The van der Waals surface area contributed by atoms with Crippen molar-refractivity contribution >= 4 is 33.3 Å². The number of thiophene rings is 1. The summed E-state index contributed by atoms with van der Waals surface area (Å²) in [5.41, 5.74) is 1.02.